The Hall–Kier alpha value is -1.51. The molecule has 106 valence electrons. The van der Waals surface area contributed by atoms with Crippen molar-refractivity contribution in [1.82, 2.24) is 0 Å². The highest BCUT2D eigenvalue weighted by Crippen LogP contribution is 2.14. The van der Waals surface area contributed by atoms with Crippen LogP contribution in [0.4, 0.5) is 5.69 Å². The van der Waals surface area contributed by atoms with Crippen LogP contribution < -0.4 is 5.32 Å². The number of rotatable bonds is 7. The second kappa shape index (κ2) is 7.82. The van der Waals surface area contributed by atoms with Crippen molar-refractivity contribution >= 4 is 11.7 Å². The quantitative estimate of drug-likeness (QED) is 0.765. The molecular formula is C16H25NO2. The predicted molar refractivity (Wildman–Crippen MR) is 79.3 cm³/mol. The zero-order chi connectivity index (χ0) is 14.3. The minimum Gasteiger partial charge on any atom is -0.469 e. The Balaban J connectivity index is 2.51. The van der Waals surface area contributed by atoms with Gasteiger partial charge in [-0.2, -0.15) is 0 Å². The smallest absolute Gasteiger partial charge is 0.310 e. The van der Waals surface area contributed by atoms with Gasteiger partial charge in [-0.15, -0.1) is 0 Å². The summed E-state index contributed by atoms with van der Waals surface area (Å²) in [6.07, 6.45) is 1.88. The molecule has 1 aromatic rings. The summed E-state index contributed by atoms with van der Waals surface area (Å²) in [6.45, 7) is 7.05. The van der Waals surface area contributed by atoms with Crippen molar-refractivity contribution in [3.63, 3.8) is 0 Å². The molecular weight excluding hydrogens is 238 g/mol. The SMILES string of the molecule is CCC(CNc1ccc(CC(C)C)cc1)C(=O)OC. The van der Waals surface area contributed by atoms with Crippen molar-refractivity contribution in [3.8, 4) is 0 Å². The number of anilines is 1. The van der Waals surface area contributed by atoms with Gasteiger partial charge in [0.15, 0.2) is 0 Å². The number of esters is 1. The molecule has 0 aliphatic heterocycles. The molecule has 0 bridgehead atoms. The zero-order valence-electron chi connectivity index (χ0n) is 12.4. The van der Waals surface area contributed by atoms with E-state index in [1.807, 2.05) is 6.92 Å². The fourth-order valence-corrected chi connectivity index (χ4v) is 2.03. The van der Waals surface area contributed by atoms with E-state index in [0.29, 0.717) is 12.5 Å². The first-order valence-electron chi connectivity index (χ1n) is 6.97. The van der Waals surface area contributed by atoms with Gasteiger partial charge in [0.2, 0.25) is 0 Å². The molecule has 0 spiro atoms. The highest BCUT2D eigenvalue weighted by atomic mass is 16.5. The Morgan fingerprint density at radius 2 is 1.89 bits per heavy atom. The molecule has 1 unspecified atom stereocenters. The number of carbonyl (C=O) groups is 1. The van der Waals surface area contributed by atoms with Gasteiger partial charge in [0.05, 0.1) is 13.0 Å². The van der Waals surface area contributed by atoms with Gasteiger partial charge in [0.25, 0.3) is 0 Å². The van der Waals surface area contributed by atoms with Gasteiger partial charge >= 0.3 is 5.97 Å². The van der Waals surface area contributed by atoms with Gasteiger partial charge in [0.1, 0.15) is 0 Å². The normalized spacial score (nSPS) is 12.3. The van der Waals surface area contributed by atoms with E-state index in [0.717, 1.165) is 18.5 Å². The average molecular weight is 263 g/mol. The zero-order valence-corrected chi connectivity index (χ0v) is 12.4. The first-order chi connectivity index (χ1) is 9.06. The summed E-state index contributed by atoms with van der Waals surface area (Å²) in [5.74, 6) is 0.439. The van der Waals surface area contributed by atoms with Crippen LogP contribution in [0.15, 0.2) is 24.3 Å². The second-order valence-corrected chi connectivity index (χ2v) is 5.30. The topological polar surface area (TPSA) is 38.3 Å². The van der Waals surface area contributed by atoms with Gasteiger partial charge in [-0.25, -0.2) is 0 Å². The molecule has 1 aromatic carbocycles. The fraction of sp³-hybridized carbons (Fsp3) is 0.562. The lowest BCUT2D eigenvalue weighted by Crippen LogP contribution is -2.23. The summed E-state index contributed by atoms with van der Waals surface area (Å²) in [6, 6.07) is 8.42. The molecule has 1 rings (SSSR count). The molecule has 3 heteroatoms. The molecule has 0 aromatic heterocycles. The van der Waals surface area contributed by atoms with Crippen molar-refractivity contribution in [2.45, 2.75) is 33.6 Å². The summed E-state index contributed by atoms with van der Waals surface area (Å²) in [4.78, 5) is 11.5. The van der Waals surface area contributed by atoms with Crippen molar-refractivity contribution < 1.29 is 9.53 Å². The van der Waals surface area contributed by atoms with E-state index in [1.165, 1.54) is 12.7 Å². The molecule has 3 nitrogen and oxygen atoms in total. The van der Waals surface area contributed by atoms with Crippen molar-refractivity contribution in [2.24, 2.45) is 11.8 Å². The highest BCUT2D eigenvalue weighted by Gasteiger charge is 2.16. The van der Waals surface area contributed by atoms with Crippen LogP contribution in [0.1, 0.15) is 32.8 Å². The van der Waals surface area contributed by atoms with Crippen LogP contribution in [0, 0.1) is 11.8 Å². The number of methoxy groups -OCH3 is 1. The molecule has 0 amide bonds. The van der Waals surface area contributed by atoms with E-state index in [9.17, 15) is 4.79 Å². The summed E-state index contributed by atoms with van der Waals surface area (Å²) in [5, 5.41) is 3.29. The standard InChI is InChI=1S/C16H25NO2/c1-5-14(16(18)19-4)11-17-15-8-6-13(7-9-15)10-12(2)3/h6-9,12,14,17H,5,10-11H2,1-4H3. The Kier molecular flexibility index (Phi) is 6.40. The number of benzene rings is 1. The molecule has 1 atom stereocenters. The molecule has 0 saturated heterocycles. The maximum atomic E-state index is 11.5. The minimum atomic E-state index is -0.147. The highest BCUT2D eigenvalue weighted by molar-refractivity contribution is 5.73. The molecule has 1 N–H and O–H groups in total. The number of ether oxygens (including phenoxy) is 1. The summed E-state index contributed by atoms with van der Waals surface area (Å²) in [5.41, 5.74) is 2.40. The van der Waals surface area contributed by atoms with E-state index in [-0.39, 0.29) is 11.9 Å². The van der Waals surface area contributed by atoms with E-state index in [4.69, 9.17) is 4.74 Å². The molecule has 0 aliphatic carbocycles. The van der Waals surface area contributed by atoms with Crippen LogP contribution in [0.3, 0.4) is 0 Å². The van der Waals surface area contributed by atoms with Crippen molar-refractivity contribution in [2.75, 3.05) is 19.0 Å². The van der Waals surface area contributed by atoms with Crippen LogP contribution in [0.2, 0.25) is 0 Å². The Labute approximate surface area is 116 Å². The molecule has 0 fully saturated rings. The third-order valence-corrected chi connectivity index (χ3v) is 3.18. The molecule has 0 aliphatic rings. The van der Waals surface area contributed by atoms with Gasteiger partial charge in [-0.3, -0.25) is 4.79 Å². The third-order valence-electron chi connectivity index (χ3n) is 3.18. The Morgan fingerprint density at radius 1 is 1.26 bits per heavy atom. The fourth-order valence-electron chi connectivity index (χ4n) is 2.03. The second-order valence-electron chi connectivity index (χ2n) is 5.30. The molecule has 19 heavy (non-hydrogen) atoms. The summed E-state index contributed by atoms with van der Waals surface area (Å²) < 4.78 is 4.78. The predicted octanol–water partition coefficient (Wildman–Crippen LogP) is 3.50. The first-order valence-corrected chi connectivity index (χ1v) is 6.97. The minimum absolute atomic E-state index is 0.0830. The van der Waals surface area contributed by atoms with Crippen molar-refractivity contribution in [1.29, 1.82) is 0 Å². The van der Waals surface area contributed by atoms with E-state index < -0.39 is 0 Å². The van der Waals surface area contributed by atoms with Gasteiger partial charge in [0, 0.05) is 12.2 Å². The Bertz CT molecular complexity index is 384. The molecule has 0 heterocycles. The van der Waals surface area contributed by atoms with Crippen LogP contribution in [0.5, 0.6) is 0 Å². The maximum Gasteiger partial charge on any atom is 0.310 e. The first kappa shape index (κ1) is 15.5. The number of hydrogen-bond donors (Lipinski definition) is 1. The van der Waals surface area contributed by atoms with Gasteiger partial charge < -0.3 is 10.1 Å². The van der Waals surface area contributed by atoms with Gasteiger partial charge in [-0.1, -0.05) is 32.9 Å². The number of hydrogen-bond acceptors (Lipinski definition) is 3. The van der Waals surface area contributed by atoms with E-state index in [1.54, 1.807) is 0 Å². The van der Waals surface area contributed by atoms with E-state index in [2.05, 4.69) is 43.4 Å². The summed E-state index contributed by atoms with van der Waals surface area (Å²) in [7, 11) is 1.44. The van der Waals surface area contributed by atoms with Crippen LogP contribution in [-0.2, 0) is 16.0 Å². The lowest BCUT2D eigenvalue weighted by atomic mass is 10.0. The number of carbonyl (C=O) groups excluding carboxylic acids is 1. The third kappa shape index (κ3) is 5.33. The average Bonchev–Trinajstić information content (AvgIpc) is 2.40. The molecule has 0 radical (unpaired) electrons. The summed E-state index contributed by atoms with van der Waals surface area (Å²) >= 11 is 0. The lowest BCUT2D eigenvalue weighted by molar-refractivity contribution is -0.145. The lowest BCUT2D eigenvalue weighted by Gasteiger charge is -2.14. The van der Waals surface area contributed by atoms with E-state index >= 15 is 0 Å². The number of nitrogens with one attached hydrogen (secondary N) is 1. The monoisotopic (exact) mass is 263 g/mol. The van der Waals surface area contributed by atoms with Crippen molar-refractivity contribution in [3.05, 3.63) is 29.8 Å². The van der Waals surface area contributed by atoms with Crippen LogP contribution >= 0.6 is 0 Å². The molecule has 0 saturated carbocycles. The van der Waals surface area contributed by atoms with Gasteiger partial charge in [-0.05, 0) is 36.5 Å². The van der Waals surface area contributed by atoms with Crippen LogP contribution in [-0.4, -0.2) is 19.6 Å². The largest absolute Gasteiger partial charge is 0.469 e. The maximum absolute atomic E-state index is 11.5. The van der Waals surface area contributed by atoms with Crippen LogP contribution in [0.25, 0.3) is 0 Å². The Morgan fingerprint density at radius 3 is 2.37 bits per heavy atom.